The summed E-state index contributed by atoms with van der Waals surface area (Å²) in [6.45, 7) is 4.03. The first-order chi connectivity index (χ1) is 15.3. The van der Waals surface area contributed by atoms with Gasteiger partial charge in [-0.15, -0.1) is 0 Å². The van der Waals surface area contributed by atoms with E-state index in [1.165, 1.54) is 13.2 Å². The molecule has 0 atom stereocenters. The Balaban J connectivity index is 1.84. The van der Waals surface area contributed by atoms with E-state index in [0.717, 1.165) is 16.0 Å². The Morgan fingerprint density at radius 2 is 1.97 bits per heavy atom. The van der Waals surface area contributed by atoms with Crippen molar-refractivity contribution in [1.82, 2.24) is 10.2 Å². The molecular weight excluding hydrogens is 436 g/mol. The van der Waals surface area contributed by atoms with Gasteiger partial charge in [-0.1, -0.05) is 41.4 Å². The van der Waals surface area contributed by atoms with Gasteiger partial charge in [-0.25, -0.2) is 9.69 Å². The number of hydrogen-bond acceptors (Lipinski definition) is 6. The molecule has 1 fully saturated rings. The third-order valence-corrected chi connectivity index (χ3v) is 4.87. The Morgan fingerprint density at radius 3 is 2.66 bits per heavy atom. The second-order valence-corrected chi connectivity index (χ2v) is 7.40. The van der Waals surface area contributed by atoms with Gasteiger partial charge in [0.1, 0.15) is 18.8 Å². The molecular formula is C23H23ClN2O6. The number of nitrogens with zero attached hydrogens (tertiary/aromatic N) is 1. The zero-order chi connectivity index (χ0) is 23.3. The normalized spacial score (nSPS) is 14.5. The fourth-order valence-electron chi connectivity index (χ4n) is 3.11. The summed E-state index contributed by atoms with van der Waals surface area (Å²) in [5, 5.41) is 2.74. The molecule has 0 aliphatic carbocycles. The number of benzene rings is 2. The van der Waals surface area contributed by atoms with E-state index in [9.17, 15) is 14.4 Å². The van der Waals surface area contributed by atoms with E-state index in [0.29, 0.717) is 35.3 Å². The number of esters is 1. The van der Waals surface area contributed by atoms with Gasteiger partial charge in [0, 0.05) is 0 Å². The molecule has 9 heteroatoms. The van der Waals surface area contributed by atoms with Crippen LogP contribution in [0.4, 0.5) is 4.79 Å². The standard InChI is InChI=1S/C23H23ClN2O6/c1-4-31-19-11-16(10-18-22(28)26(23(29)25-18)12-20(27)30-3)9-17(24)21(19)32-13-15-7-5-6-14(2)8-15/h5-11H,4,12-13H2,1-3H3,(H,25,29). The number of halogens is 1. The van der Waals surface area contributed by atoms with E-state index in [2.05, 4.69) is 10.1 Å². The highest BCUT2D eigenvalue weighted by molar-refractivity contribution is 6.32. The summed E-state index contributed by atoms with van der Waals surface area (Å²) in [6.07, 6.45) is 1.45. The number of ether oxygens (including phenoxy) is 3. The maximum atomic E-state index is 12.5. The number of carbonyl (C=O) groups is 3. The lowest BCUT2D eigenvalue weighted by Crippen LogP contribution is -2.36. The zero-order valence-corrected chi connectivity index (χ0v) is 18.7. The molecule has 1 heterocycles. The van der Waals surface area contributed by atoms with E-state index in [-0.39, 0.29) is 5.70 Å². The lowest BCUT2D eigenvalue weighted by molar-refractivity contribution is -0.143. The van der Waals surface area contributed by atoms with Gasteiger partial charge in [-0.3, -0.25) is 9.59 Å². The molecule has 0 radical (unpaired) electrons. The van der Waals surface area contributed by atoms with Crippen molar-refractivity contribution in [2.45, 2.75) is 20.5 Å². The molecule has 3 amide bonds. The average molecular weight is 459 g/mol. The monoisotopic (exact) mass is 458 g/mol. The molecule has 168 valence electrons. The topological polar surface area (TPSA) is 94.2 Å². The van der Waals surface area contributed by atoms with Crippen LogP contribution in [0.3, 0.4) is 0 Å². The number of hydrogen-bond donors (Lipinski definition) is 1. The second kappa shape index (κ2) is 10.2. The van der Waals surface area contributed by atoms with Crippen molar-refractivity contribution in [3.05, 3.63) is 63.8 Å². The van der Waals surface area contributed by atoms with Crippen LogP contribution >= 0.6 is 11.6 Å². The molecule has 8 nitrogen and oxygen atoms in total. The van der Waals surface area contributed by atoms with Crippen LogP contribution < -0.4 is 14.8 Å². The number of nitrogens with one attached hydrogen (secondary N) is 1. The molecule has 1 saturated heterocycles. The lowest BCUT2D eigenvalue weighted by Gasteiger charge is -2.15. The summed E-state index contributed by atoms with van der Waals surface area (Å²) in [6, 6.07) is 10.5. The lowest BCUT2D eigenvalue weighted by atomic mass is 10.1. The van der Waals surface area contributed by atoms with Crippen LogP contribution in [0.15, 0.2) is 42.1 Å². The molecule has 32 heavy (non-hydrogen) atoms. The van der Waals surface area contributed by atoms with Crippen molar-refractivity contribution in [1.29, 1.82) is 0 Å². The summed E-state index contributed by atoms with van der Waals surface area (Å²) in [5.41, 5.74) is 2.63. The van der Waals surface area contributed by atoms with Crippen LogP contribution in [-0.2, 0) is 20.9 Å². The van der Waals surface area contributed by atoms with Crippen molar-refractivity contribution >= 4 is 35.6 Å². The molecule has 0 aromatic heterocycles. The Labute approximate surface area is 190 Å². The molecule has 1 N–H and O–H groups in total. The summed E-state index contributed by atoms with van der Waals surface area (Å²) in [7, 11) is 1.18. The van der Waals surface area contributed by atoms with Crippen LogP contribution in [0.5, 0.6) is 11.5 Å². The SMILES string of the molecule is CCOc1cc(C=C2NC(=O)N(CC(=O)OC)C2=O)cc(Cl)c1OCc1cccc(C)c1. The zero-order valence-electron chi connectivity index (χ0n) is 17.9. The molecule has 0 bridgehead atoms. The summed E-state index contributed by atoms with van der Waals surface area (Å²) in [4.78, 5) is 36.8. The molecule has 0 saturated carbocycles. The number of aryl methyl sites for hydroxylation is 1. The maximum absolute atomic E-state index is 12.5. The molecule has 3 rings (SSSR count). The summed E-state index contributed by atoms with van der Waals surface area (Å²) >= 11 is 6.46. The number of methoxy groups -OCH3 is 1. The van der Waals surface area contributed by atoms with Crippen LogP contribution in [-0.4, -0.2) is 43.1 Å². The van der Waals surface area contributed by atoms with E-state index in [1.807, 2.05) is 38.1 Å². The maximum Gasteiger partial charge on any atom is 0.329 e. The smallest absolute Gasteiger partial charge is 0.329 e. The number of carbonyl (C=O) groups excluding carboxylic acids is 3. The minimum absolute atomic E-state index is 0.00541. The van der Waals surface area contributed by atoms with Gasteiger partial charge in [-0.2, -0.15) is 0 Å². The Bertz CT molecular complexity index is 1080. The second-order valence-electron chi connectivity index (χ2n) is 7.00. The van der Waals surface area contributed by atoms with Gasteiger partial charge in [0.25, 0.3) is 5.91 Å². The van der Waals surface area contributed by atoms with Crippen molar-refractivity contribution in [3.8, 4) is 11.5 Å². The van der Waals surface area contributed by atoms with Gasteiger partial charge < -0.3 is 19.5 Å². The minimum atomic E-state index is -0.708. The molecule has 2 aromatic rings. The van der Waals surface area contributed by atoms with Gasteiger partial charge in [-0.05, 0) is 43.2 Å². The fourth-order valence-corrected chi connectivity index (χ4v) is 3.38. The fraction of sp³-hybridized carbons (Fsp3) is 0.261. The number of imide groups is 1. The van der Waals surface area contributed by atoms with Gasteiger partial charge in [0.2, 0.25) is 0 Å². The van der Waals surface area contributed by atoms with Crippen LogP contribution in [0.1, 0.15) is 23.6 Å². The van der Waals surface area contributed by atoms with Crippen molar-refractivity contribution in [2.75, 3.05) is 20.3 Å². The van der Waals surface area contributed by atoms with Gasteiger partial charge in [0.15, 0.2) is 11.5 Å². The predicted octanol–water partition coefficient (Wildman–Crippen LogP) is 3.69. The highest BCUT2D eigenvalue weighted by atomic mass is 35.5. The van der Waals surface area contributed by atoms with Crippen molar-refractivity contribution in [2.24, 2.45) is 0 Å². The first-order valence-corrected chi connectivity index (χ1v) is 10.3. The Hall–Kier alpha value is -3.52. The average Bonchev–Trinajstić information content (AvgIpc) is 3.00. The number of urea groups is 1. The molecule has 1 aliphatic heterocycles. The van der Waals surface area contributed by atoms with Crippen LogP contribution in [0, 0.1) is 6.92 Å². The van der Waals surface area contributed by atoms with Crippen LogP contribution in [0.25, 0.3) is 6.08 Å². The number of amides is 3. The summed E-state index contributed by atoms with van der Waals surface area (Å²) < 4.78 is 16.1. The predicted molar refractivity (Wildman–Crippen MR) is 118 cm³/mol. The third-order valence-electron chi connectivity index (χ3n) is 4.59. The first kappa shape index (κ1) is 23.1. The molecule has 0 unspecified atom stereocenters. The largest absolute Gasteiger partial charge is 0.490 e. The van der Waals surface area contributed by atoms with Crippen molar-refractivity contribution < 1.29 is 28.6 Å². The Kier molecular flexibility index (Phi) is 7.37. The molecule has 2 aromatic carbocycles. The number of rotatable bonds is 8. The molecule has 1 aliphatic rings. The van der Waals surface area contributed by atoms with Crippen molar-refractivity contribution in [3.63, 3.8) is 0 Å². The minimum Gasteiger partial charge on any atom is -0.490 e. The van der Waals surface area contributed by atoms with E-state index < -0.39 is 24.5 Å². The van der Waals surface area contributed by atoms with Crippen LogP contribution in [0.2, 0.25) is 5.02 Å². The Morgan fingerprint density at radius 1 is 1.19 bits per heavy atom. The quantitative estimate of drug-likeness (QED) is 0.368. The van der Waals surface area contributed by atoms with Gasteiger partial charge >= 0.3 is 12.0 Å². The third kappa shape index (κ3) is 5.39. The van der Waals surface area contributed by atoms with E-state index in [1.54, 1.807) is 12.1 Å². The van der Waals surface area contributed by atoms with E-state index >= 15 is 0 Å². The highest BCUT2D eigenvalue weighted by Gasteiger charge is 2.35. The van der Waals surface area contributed by atoms with Gasteiger partial charge in [0.05, 0.1) is 18.7 Å². The highest BCUT2D eigenvalue weighted by Crippen LogP contribution is 2.38. The van der Waals surface area contributed by atoms with E-state index in [4.69, 9.17) is 21.1 Å². The first-order valence-electron chi connectivity index (χ1n) is 9.88. The summed E-state index contributed by atoms with van der Waals surface area (Å²) in [5.74, 6) is -0.560. The molecule has 0 spiro atoms.